The van der Waals surface area contributed by atoms with Gasteiger partial charge in [0.1, 0.15) is 23.0 Å². The molecule has 2 aliphatic carbocycles. The summed E-state index contributed by atoms with van der Waals surface area (Å²) in [6.07, 6.45) is 13.6. The summed E-state index contributed by atoms with van der Waals surface area (Å²) in [5.74, 6) is 0.156. The number of hydrogen-bond acceptors (Lipinski definition) is 10. The van der Waals surface area contributed by atoms with Gasteiger partial charge in [-0.25, -0.2) is 0 Å². The standard InChI is InChI=1S/C50H56N2O8/c1-25(2)39-33-19-27(5)41(47(55)43(33)35(45(53)49(39)57)23-51-37-15-7-11-29(37)21-31-13-9-17-59-31)42-28(6)20-34-40(26(3)4)50(58)46(54)36(44(34)48(42)56)24-52-38-16-8-12-30(38)22-32-14-10-18-60-32/h9-10,13-14,17-20,23-26,29-30,37-38,53-58H,7-8,11-12,15-16,21-22H2,1-6H3/t29-,30+,37-,38+. The average Bonchev–Trinajstić information content (AvgIpc) is 4.05. The lowest BCUT2D eigenvalue weighted by Gasteiger charge is -2.24. The van der Waals surface area contributed by atoms with Gasteiger partial charge in [-0.05, 0) is 109 Å². The van der Waals surface area contributed by atoms with E-state index in [1.54, 1.807) is 25.0 Å². The second kappa shape index (κ2) is 16.3. The van der Waals surface area contributed by atoms with E-state index >= 15 is 0 Å². The van der Waals surface area contributed by atoms with E-state index in [9.17, 15) is 30.6 Å². The fourth-order valence-electron chi connectivity index (χ4n) is 10.2. The Hall–Kier alpha value is -5.90. The lowest BCUT2D eigenvalue weighted by atomic mass is 9.83. The van der Waals surface area contributed by atoms with Crippen LogP contribution in [0.3, 0.4) is 0 Å². The number of aryl methyl sites for hydroxylation is 2. The molecule has 0 radical (unpaired) electrons. The second-order valence-electron chi connectivity index (χ2n) is 17.7. The first-order valence-corrected chi connectivity index (χ1v) is 21.4. The summed E-state index contributed by atoms with van der Waals surface area (Å²) in [6, 6.07) is 11.3. The first kappa shape index (κ1) is 40.9. The molecular formula is C50H56N2O8. The fraction of sp³-hybridized carbons (Fsp3) is 0.400. The summed E-state index contributed by atoms with van der Waals surface area (Å²) in [4.78, 5) is 9.98. The summed E-state index contributed by atoms with van der Waals surface area (Å²) < 4.78 is 11.3. The van der Waals surface area contributed by atoms with Crippen molar-refractivity contribution in [2.45, 2.75) is 117 Å². The summed E-state index contributed by atoms with van der Waals surface area (Å²) in [5, 5.41) is 73.4. The number of aromatic hydroxyl groups is 6. The maximum absolute atomic E-state index is 12.6. The Morgan fingerprint density at radius 1 is 0.583 bits per heavy atom. The van der Waals surface area contributed by atoms with Crippen molar-refractivity contribution in [2.24, 2.45) is 21.8 Å². The van der Waals surface area contributed by atoms with Gasteiger partial charge < -0.3 is 39.5 Å². The molecule has 4 atom stereocenters. The minimum absolute atomic E-state index is 0.0562. The summed E-state index contributed by atoms with van der Waals surface area (Å²) in [6.45, 7) is 11.4. The van der Waals surface area contributed by atoms with E-state index in [2.05, 4.69) is 0 Å². The number of furan rings is 2. The van der Waals surface area contributed by atoms with E-state index in [0.29, 0.717) is 54.9 Å². The first-order chi connectivity index (χ1) is 28.8. The zero-order valence-corrected chi connectivity index (χ0v) is 35.3. The molecule has 4 aromatic carbocycles. The number of aliphatic imine (C=N–C) groups is 2. The molecule has 6 N–H and O–H groups in total. The first-order valence-electron chi connectivity index (χ1n) is 21.4. The topological polar surface area (TPSA) is 172 Å². The van der Waals surface area contributed by atoms with E-state index in [1.807, 2.05) is 77.9 Å². The Morgan fingerprint density at radius 2 is 0.983 bits per heavy atom. The number of fused-ring (bicyclic) bond motifs is 2. The van der Waals surface area contributed by atoms with Crippen molar-refractivity contribution in [1.29, 1.82) is 0 Å². The third kappa shape index (κ3) is 7.13. The van der Waals surface area contributed by atoms with Gasteiger partial charge in [-0.1, -0.05) is 52.7 Å². The molecule has 0 unspecified atom stereocenters. The molecule has 10 heteroatoms. The minimum atomic E-state index is -0.377. The van der Waals surface area contributed by atoms with Gasteiger partial charge in [-0.3, -0.25) is 9.98 Å². The molecule has 0 saturated heterocycles. The quantitative estimate of drug-likeness (QED) is 0.0554. The van der Waals surface area contributed by atoms with E-state index < -0.39 is 0 Å². The van der Waals surface area contributed by atoms with Gasteiger partial charge in [-0.2, -0.15) is 0 Å². The molecule has 2 aromatic heterocycles. The smallest absolute Gasteiger partial charge is 0.167 e. The molecule has 6 aromatic rings. The number of nitrogens with zero attached hydrogens (tertiary/aromatic N) is 2. The highest BCUT2D eigenvalue weighted by atomic mass is 16.3. The molecule has 2 heterocycles. The van der Waals surface area contributed by atoms with Crippen LogP contribution in [0, 0.1) is 25.7 Å². The van der Waals surface area contributed by atoms with Crippen molar-refractivity contribution in [3.05, 3.63) is 93.8 Å². The Morgan fingerprint density at radius 3 is 1.33 bits per heavy atom. The van der Waals surface area contributed by atoms with Crippen LogP contribution in [0.1, 0.15) is 123 Å². The van der Waals surface area contributed by atoms with Gasteiger partial charge in [0, 0.05) is 69.4 Å². The van der Waals surface area contributed by atoms with Crippen LogP contribution in [-0.2, 0) is 12.8 Å². The zero-order valence-electron chi connectivity index (χ0n) is 35.3. The molecule has 0 spiro atoms. The number of hydrogen-bond donors (Lipinski definition) is 6. The van der Waals surface area contributed by atoms with Crippen LogP contribution < -0.4 is 0 Å². The van der Waals surface area contributed by atoms with Crippen molar-refractivity contribution >= 4 is 34.0 Å². The van der Waals surface area contributed by atoms with E-state index in [1.165, 1.54) is 0 Å². The van der Waals surface area contributed by atoms with Crippen LogP contribution in [0.25, 0.3) is 32.7 Å². The largest absolute Gasteiger partial charge is 0.507 e. The maximum Gasteiger partial charge on any atom is 0.167 e. The predicted molar refractivity (Wildman–Crippen MR) is 237 cm³/mol. The summed E-state index contributed by atoms with van der Waals surface area (Å²) in [5.41, 5.74) is 3.25. The molecule has 8 rings (SSSR count). The molecule has 2 saturated carbocycles. The van der Waals surface area contributed by atoms with E-state index in [4.69, 9.17) is 18.8 Å². The molecule has 2 aliphatic rings. The van der Waals surface area contributed by atoms with Crippen LogP contribution >= 0.6 is 0 Å². The van der Waals surface area contributed by atoms with Crippen LogP contribution in [0.15, 0.2) is 67.7 Å². The molecule has 2 fully saturated rings. The van der Waals surface area contributed by atoms with E-state index in [-0.39, 0.29) is 81.4 Å². The van der Waals surface area contributed by atoms with Crippen LogP contribution in [0.4, 0.5) is 0 Å². The highest BCUT2D eigenvalue weighted by Crippen LogP contribution is 2.54. The average molecular weight is 813 g/mol. The third-order valence-corrected chi connectivity index (χ3v) is 13.1. The molecule has 10 nitrogen and oxygen atoms in total. The fourth-order valence-corrected chi connectivity index (χ4v) is 10.2. The number of phenols is 6. The van der Waals surface area contributed by atoms with Crippen LogP contribution in [-0.4, -0.2) is 55.2 Å². The monoisotopic (exact) mass is 812 g/mol. The lowest BCUT2D eigenvalue weighted by molar-refractivity contribution is 0.398. The Balaban J connectivity index is 1.32. The highest BCUT2D eigenvalue weighted by molar-refractivity contribution is 6.15. The molecule has 0 bridgehead atoms. The summed E-state index contributed by atoms with van der Waals surface area (Å²) >= 11 is 0. The van der Waals surface area contributed by atoms with Crippen LogP contribution in [0.2, 0.25) is 0 Å². The second-order valence-corrected chi connectivity index (χ2v) is 17.7. The zero-order chi connectivity index (χ0) is 42.6. The Labute approximate surface area is 350 Å². The third-order valence-electron chi connectivity index (χ3n) is 13.1. The molecule has 0 aliphatic heterocycles. The number of phenolic OH excluding ortho intramolecular Hbond substituents is 6. The van der Waals surface area contributed by atoms with Gasteiger partial charge in [0.15, 0.2) is 23.0 Å². The molecule has 0 amide bonds. The molecule has 314 valence electrons. The maximum atomic E-state index is 12.6. The van der Waals surface area contributed by atoms with Crippen molar-refractivity contribution in [2.75, 3.05) is 0 Å². The minimum Gasteiger partial charge on any atom is -0.507 e. The predicted octanol–water partition coefficient (Wildman–Crippen LogP) is 11.6. The Bertz CT molecular complexity index is 2440. The van der Waals surface area contributed by atoms with Gasteiger partial charge in [0.05, 0.1) is 24.6 Å². The van der Waals surface area contributed by atoms with Crippen LogP contribution in [0.5, 0.6) is 34.5 Å². The SMILES string of the molecule is Cc1cc2c(C(C)C)c(O)c(O)c(C=N[C@H]3CCC[C@H]3Cc3ccco3)c2c(O)c1-c1c(C)cc2c(C(C)C)c(O)c(O)c(C=N[C@@H]3CCC[C@@H]3Cc3ccco3)c2c1O. The van der Waals surface area contributed by atoms with Gasteiger partial charge >= 0.3 is 0 Å². The van der Waals surface area contributed by atoms with E-state index in [0.717, 1.165) is 62.9 Å². The van der Waals surface area contributed by atoms with Crippen molar-refractivity contribution in [1.82, 2.24) is 0 Å². The van der Waals surface area contributed by atoms with Crippen molar-refractivity contribution in [3.63, 3.8) is 0 Å². The highest BCUT2D eigenvalue weighted by Gasteiger charge is 2.32. The van der Waals surface area contributed by atoms with Gasteiger partial charge in [-0.15, -0.1) is 0 Å². The molecular weight excluding hydrogens is 757 g/mol. The molecule has 60 heavy (non-hydrogen) atoms. The van der Waals surface area contributed by atoms with Gasteiger partial charge in [0.2, 0.25) is 0 Å². The van der Waals surface area contributed by atoms with Crippen molar-refractivity contribution < 1.29 is 39.5 Å². The van der Waals surface area contributed by atoms with Crippen molar-refractivity contribution in [3.8, 4) is 45.6 Å². The van der Waals surface area contributed by atoms with Gasteiger partial charge in [0.25, 0.3) is 0 Å². The Kier molecular flexibility index (Phi) is 11.1. The number of benzene rings is 4. The summed E-state index contributed by atoms with van der Waals surface area (Å²) in [7, 11) is 0. The normalized spacial score (nSPS) is 19.8. The number of rotatable bonds is 11. The lowest BCUT2D eigenvalue weighted by Crippen LogP contribution is -2.14.